The fourth-order valence-electron chi connectivity index (χ4n) is 3.10. The summed E-state index contributed by atoms with van der Waals surface area (Å²) in [6, 6.07) is 9.66. The van der Waals surface area contributed by atoms with E-state index in [4.69, 9.17) is 27.9 Å². The van der Waals surface area contributed by atoms with Crippen LogP contribution in [0.1, 0.15) is 6.42 Å². The lowest BCUT2D eigenvalue weighted by atomic mass is 10.2. The van der Waals surface area contributed by atoms with Crippen molar-refractivity contribution in [3.63, 3.8) is 0 Å². The number of hydrogen-bond donors (Lipinski definition) is 1. The minimum Gasteiger partial charge on any atom is -0.385 e. The van der Waals surface area contributed by atoms with E-state index in [0.717, 1.165) is 49.1 Å². The van der Waals surface area contributed by atoms with Gasteiger partial charge in [0.05, 0.1) is 5.75 Å². The maximum atomic E-state index is 12.0. The Morgan fingerprint density at radius 1 is 1.17 bits per heavy atom. The quantitative estimate of drug-likeness (QED) is 0.261. The normalized spacial score (nSPS) is 14.1. The zero-order valence-corrected chi connectivity index (χ0v) is 19.1. The Bertz CT molecular complexity index is 850. The Hall–Kier alpha value is -1.74. The molecule has 0 aliphatic carbocycles. The molecule has 30 heavy (non-hydrogen) atoms. The predicted octanol–water partition coefficient (Wildman–Crippen LogP) is 3.35. The molecule has 3 rings (SSSR count). The molecule has 0 atom stereocenters. The number of rotatable bonds is 9. The zero-order valence-electron chi connectivity index (χ0n) is 16.8. The molecule has 1 aromatic heterocycles. The zero-order chi connectivity index (χ0) is 21.3. The largest absolute Gasteiger partial charge is 0.385 e. The van der Waals surface area contributed by atoms with E-state index in [9.17, 15) is 4.79 Å². The minimum absolute atomic E-state index is 0.0589. The molecule has 0 spiro atoms. The first kappa shape index (κ1) is 22.9. The van der Waals surface area contributed by atoms with Crippen LogP contribution in [0, 0.1) is 0 Å². The van der Waals surface area contributed by atoms with Crippen molar-refractivity contribution in [3.05, 3.63) is 40.5 Å². The first-order valence-electron chi connectivity index (χ1n) is 9.73. The minimum atomic E-state index is -0.0589. The summed E-state index contributed by atoms with van der Waals surface area (Å²) in [5.41, 5.74) is 1.12. The highest BCUT2D eigenvalue weighted by Crippen LogP contribution is 2.25. The molecule has 0 bridgehead atoms. The molecule has 0 unspecified atom stereocenters. The number of thioether (sulfide) groups is 1. The van der Waals surface area contributed by atoms with Gasteiger partial charge in [-0.25, -0.2) is 9.97 Å². The van der Waals surface area contributed by atoms with Gasteiger partial charge < -0.3 is 19.9 Å². The summed E-state index contributed by atoms with van der Waals surface area (Å²) >= 11 is 13.6. The molecule has 1 amide bonds. The number of nitrogens with zero attached hydrogens (tertiary/aromatic N) is 4. The molecule has 162 valence electrons. The number of anilines is 2. The molecule has 1 aromatic carbocycles. The van der Waals surface area contributed by atoms with E-state index < -0.39 is 0 Å². The van der Waals surface area contributed by atoms with Gasteiger partial charge in [-0.2, -0.15) is 0 Å². The summed E-state index contributed by atoms with van der Waals surface area (Å²) in [6.45, 7) is 4.54. The average molecular weight is 470 g/mol. The van der Waals surface area contributed by atoms with Crippen molar-refractivity contribution in [1.82, 2.24) is 15.3 Å². The fraction of sp³-hybridized carbons (Fsp3) is 0.450. The lowest BCUT2D eigenvalue weighted by molar-refractivity contribution is -0.118. The summed E-state index contributed by atoms with van der Waals surface area (Å²) in [7, 11) is 1.64. The van der Waals surface area contributed by atoms with Crippen LogP contribution in [0.5, 0.6) is 0 Å². The van der Waals surface area contributed by atoms with E-state index in [1.165, 1.54) is 11.8 Å². The third-order valence-electron chi connectivity index (χ3n) is 4.62. The number of nitrogens with one attached hydrogen (secondary N) is 1. The number of ether oxygens (including phenoxy) is 1. The molecule has 1 N–H and O–H groups in total. The molecule has 2 aromatic rings. The van der Waals surface area contributed by atoms with E-state index in [1.807, 2.05) is 18.2 Å². The van der Waals surface area contributed by atoms with E-state index in [2.05, 4.69) is 31.2 Å². The number of piperazine rings is 1. The van der Waals surface area contributed by atoms with Gasteiger partial charge in [0.1, 0.15) is 11.0 Å². The van der Waals surface area contributed by atoms with Crippen LogP contribution in [0.2, 0.25) is 10.2 Å². The molecule has 1 aliphatic rings. The van der Waals surface area contributed by atoms with Gasteiger partial charge in [0, 0.05) is 63.2 Å². The second-order valence-electron chi connectivity index (χ2n) is 6.77. The first-order valence-corrected chi connectivity index (χ1v) is 11.5. The second-order valence-corrected chi connectivity index (χ2v) is 8.54. The van der Waals surface area contributed by atoms with Gasteiger partial charge in [0.15, 0.2) is 5.16 Å². The summed E-state index contributed by atoms with van der Waals surface area (Å²) in [5.74, 6) is 0.968. The van der Waals surface area contributed by atoms with E-state index in [-0.39, 0.29) is 11.7 Å². The molecule has 7 nitrogen and oxygen atoms in total. The molecule has 0 radical (unpaired) electrons. The van der Waals surface area contributed by atoms with Gasteiger partial charge in [-0.05, 0) is 24.6 Å². The Labute approximate surface area is 191 Å². The highest BCUT2D eigenvalue weighted by molar-refractivity contribution is 7.99. The third-order valence-corrected chi connectivity index (χ3v) is 5.89. The summed E-state index contributed by atoms with van der Waals surface area (Å²) < 4.78 is 4.97. The molecular weight excluding hydrogens is 445 g/mol. The van der Waals surface area contributed by atoms with Crippen LogP contribution in [0.25, 0.3) is 0 Å². The van der Waals surface area contributed by atoms with Crippen molar-refractivity contribution in [3.8, 4) is 0 Å². The molecule has 2 heterocycles. The van der Waals surface area contributed by atoms with Gasteiger partial charge >= 0.3 is 0 Å². The first-order chi connectivity index (χ1) is 14.5. The lowest BCUT2D eigenvalue weighted by Crippen LogP contribution is -2.46. The number of amides is 1. The van der Waals surface area contributed by atoms with Crippen LogP contribution >= 0.6 is 35.0 Å². The highest BCUT2D eigenvalue weighted by Gasteiger charge is 2.20. The van der Waals surface area contributed by atoms with Gasteiger partial charge in [0.25, 0.3) is 0 Å². The van der Waals surface area contributed by atoms with Crippen LogP contribution in [0.15, 0.2) is 35.5 Å². The number of aromatic nitrogens is 2. The molecule has 10 heteroatoms. The number of carbonyl (C=O) groups is 1. The average Bonchev–Trinajstić information content (AvgIpc) is 2.75. The number of benzene rings is 1. The van der Waals surface area contributed by atoms with Crippen molar-refractivity contribution < 1.29 is 9.53 Å². The number of methoxy groups -OCH3 is 1. The molecule has 1 fully saturated rings. The van der Waals surface area contributed by atoms with Crippen molar-refractivity contribution in [2.45, 2.75) is 11.6 Å². The number of carbonyl (C=O) groups excluding carboxylic acids is 1. The van der Waals surface area contributed by atoms with Crippen LogP contribution in [0.4, 0.5) is 11.5 Å². The third kappa shape index (κ3) is 6.91. The fourth-order valence-corrected chi connectivity index (χ4v) is 4.20. The Morgan fingerprint density at radius 2 is 1.93 bits per heavy atom. The Morgan fingerprint density at radius 3 is 2.67 bits per heavy atom. The molecule has 0 saturated carbocycles. The van der Waals surface area contributed by atoms with Gasteiger partial charge in [0.2, 0.25) is 5.91 Å². The predicted molar refractivity (Wildman–Crippen MR) is 123 cm³/mol. The Kier molecular flexibility index (Phi) is 8.87. The van der Waals surface area contributed by atoms with Crippen LogP contribution in [-0.4, -0.2) is 68.1 Å². The summed E-state index contributed by atoms with van der Waals surface area (Å²) in [5, 5.41) is 4.47. The van der Waals surface area contributed by atoms with E-state index in [0.29, 0.717) is 23.5 Å². The topological polar surface area (TPSA) is 70.6 Å². The lowest BCUT2D eigenvalue weighted by Gasteiger charge is -2.36. The highest BCUT2D eigenvalue weighted by atomic mass is 35.5. The maximum Gasteiger partial charge on any atom is 0.230 e. The molecular formula is C20H25Cl2N5O2S. The van der Waals surface area contributed by atoms with Crippen molar-refractivity contribution in [2.75, 3.05) is 62.0 Å². The monoisotopic (exact) mass is 469 g/mol. The smallest absolute Gasteiger partial charge is 0.230 e. The SMILES string of the molecule is COCCCNC(=O)CSc1nc(Cl)cc(N2CCN(c3cccc(Cl)c3)CC2)n1. The van der Waals surface area contributed by atoms with Gasteiger partial charge in [-0.15, -0.1) is 0 Å². The van der Waals surface area contributed by atoms with Gasteiger partial charge in [-0.3, -0.25) is 4.79 Å². The van der Waals surface area contributed by atoms with Gasteiger partial charge in [-0.1, -0.05) is 41.0 Å². The van der Waals surface area contributed by atoms with Crippen molar-refractivity contribution in [2.24, 2.45) is 0 Å². The van der Waals surface area contributed by atoms with E-state index >= 15 is 0 Å². The second kappa shape index (κ2) is 11.6. The standard InChI is InChI=1S/C20H25Cl2N5O2S/c1-29-11-3-6-23-19(28)14-30-20-24-17(22)13-18(25-20)27-9-7-26(8-10-27)16-5-2-4-15(21)12-16/h2,4-5,12-13H,3,6-11,14H2,1H3,(H,23,28). The molecule has 1 saturated heterocycles. The van der Waals surface area contributed by atoms with Crippen molar-refractivity contribution in [1.29, 1.82) is 0 Å². The summed E-state index contributed by atoms with van der Waals surface area (Å²) in [6.07, 6.45) is 0.784. The number of halogens is 2. The molecule has 1 aliphatic heterocycles. The Balaban J connectivity index is 1.53. The summed E-state index contributed by atoms with van der Waals surface area (Å²) in [4.78, 5) is 25.3. The maximum absolute atomic E-state index is 12.0. The number of hydrogen-bond acceptors (Lipinski definition) is 7. The van der Waals surface area contributed by atoms with Crippen LogP contribution < -0.4 is 15.1 Å². The van der Waals surface area contributed by atoms with Crippen LogP contribution in [-0.2, 0) is 9.53 Å². The van der Waals surface area contributed by atoms with E-state index in [1.54, 1.807) is 13.2 Å². The van der Waals surface area contributed by atoms with Crippen LogP contribution in [0.3, 0.4) is 0 Å². The van der Waals surface area contributed by atoms with Crippen molar-refractivity contribution >= 4 is 52.4 Å².